The summed E-state index contributed by atoms with van der Waals surface area (Å²) in [5, 5.41) is 21.9. The lowest BCUT2D eigenvalue weighted by Crippen LogP contribution is -2.53. The largest absolute Gasteiger partial charge is 0.390 e. The van der Waals surface area contributed by atoms with Crippen molar-refractivity contribution in [2.45, 2.75) is 126 Å². The molecular formula is C39H62N2O8. The van der Waals surface area contributed by atoms with Crippen LogP contribution in [-0.2, 0) is 28.5 Å². The molecule has 0 bridgehead atoms. The number of nitrogens with one attached hydrogen (secondary N) is 1. The number of aliphatic hydroxyl groups is 2. The molecule has 2 aromatic rings. The van der Waals surface area contributed by atoms with Crippen molar-refractivity contribution in [3.63, 3.8) is 0 Å². The van der Waals surface area contributed by atoms with Crippen molar-refractivity contribution in [2.24, 2.45) is 28.7 Å². The predicted molar refractivity (Wildman–Crippen MR) is 195 cm³/mol. The number of aliphatic imine (C=N–C) groups is 1. The van der Waals surface area contributed by atoms with Crippen molar-refractivity contribution in [3.05, 3.63) is 58.7 Å². The van der Waals surface area contributed by atoms with Crippen LogP contribution < -0.4 is 5.32 Å². The van der Waals surface area contributed by atoms with Crippen molar-refractivity contribution in [1.29, 1.82) is 0 Å². The summed E-state index contributed by atoms with van der Waals surface area (Å²) in [6.07, 6.45) is 1.33. The summed E-state index contributed by atoms with van der Waals surface area (Å²) in [5.74, 6) is 1.75. The molecule has 10 nitrogen and oxygen atoms in total. The number of methoxy groups -OCH3 is 2. The molecule has 49 heavy (non-hydrogen) atoms. The van der Waals surface area contributed by atoms with Gasteiger partial charge in [-0.05, 0) is 98.9 Å². The first-order chi connectivity index (χ1) is 23.0. The van der Waals surface area contributed by atoms with Crippen LogP contribution in [0.4, 0.5) is 11.4 Å². The number of carbonyl (C=O) groups is 1. The quantitative estimate of drug-likeness (QED) is 0.212. The first kappa shape index (κ1) is 44.1. The lowest BCUT2D eigenvalue weighted by molar-refractivity contribution is -0.275. The Hall–Kier alpha value is -2.95. The van der Waals surface area contributed by atoms with Crippen molar-refractivity contribution in [2.75, 3.05) is 19.5 Å². The molecule has 0 aliphatic carbocycles. The monoisotopic (exact) mass is 686 g/mol. The van der Waals surface area contributed by atoms with Gasteiger partial charge in [0.2, 0.25) is 12.0 Å². The third kappa shape index (κ3) is 14.4. The van der Waals surface area contributed by atoms with Crippen molar-refractivity contribution in [3.8, 4) is 0 Å². The van der Waals surface area contributed by atoms with Crippen LogP contribution in [-0.4, -0.2) is 73.4 Å². The molecular weight excluding hydrogens is 624 g/mol. The third-order valence-corrected chi connectivity index (χ3v) is 9.24. The molecule has 10 atom stereocenters. The summed E-state index contributed by atoms with van der Waals surface area (Å²) in [6.45, 7) is 22.3. The van der Waals surface area contributed by atoms with Gasteiger partial charge in [-0.15, -0.1) is 0 Å². The Labute approximate surface area is 294 Å². The molecule has 2 aliphatic heterocycles. The number of carbonyl (C=O) groups excluding carboxylic acids is 2. The summed E-state index contributed by atoms with van der Waals surface area (Å²) in [7, 11) is 3.19. The number of hydrogen-bond donors (Lipinski definition) is 3. The van der Waals surface area contributed by atoms with E-state index in [1.54, 1.807) is 7.11 Å². The highest BCUT2D eigenvalue weighted by Gasteiger charge is 2.41. The molecule has 0 saturated carbocycles. The van der Waals surface area contributed by atoms with Crippen LogP contribution in [0.5, 0.6) is 0 Å². The smallest absolute Gasteiger partial charge is 0.240 e. The molecule has 276 valence electrons. The summed E-state index contributed by atoms with van der Waals surface area (Å²) in [4.78, 5) is 24.2. The van der Waals surface area contributed by atoms with E-state index in [-0.39, 0.29) is 24.2 Å². The lowest BCUT2D eigenvalue weighted by Gasteiger charge is -2.42. The topological polar surface area (TPSA) is 136 Å². The summed E-state index contributed by atoms with van der Waals surface area (Å²) >= 11 is 0. The number of benzene rings is 2. The lowest BCUT2D eigenvalue weighted by atomic mass is 9.78. The van der Waals surface area contributed by atoms with Gasteiger partial charge in [0.1, 0.15) is 6.10 Å². The number of isocyanates is 1. The number of ether oxygens (including phenoxy) is 4. The minimum absolute atomic E-state index is 0.00356. The van der Waals surface area contributed by atoms with Crippen LogP contribution in [0.25, 0.3) is 0 Å². The first-order valence-corrected chi connectivity index (χ1v) is 17.3. The highest BCUT2D eigenvalue weighted by molar-refractivity contribution is 5.88. The van der Waals surface area contributed by atoms with E-state index in [1.165, 1.54) is 31.2 Å². The molecule has 2 fully saturated rings. The Morgan fingerprint density at radius 2 is 1.18 bits per heavy atom. The molecule has 2 saturated heterocycles. The fourth-order valence-electron chi connectivity index (χ4n) is 6.27. The molecule has 10 heteroatoms. The SMILES string of the molecule is CC(=O)Nc1cc(C)cc(C)c1.CCC1OC(OC)C(C)C(C)C1C.CCC1OC(OC)C(O)C(O)C1C.Cc1cc(C)cc(N=C=O)c1. The van der Waals surface area contributed by atoms with Gasteiger partial charge in [0.25, 0.3) is 0 Å². The molecule has 10 unspecified atom stereocenters. The van der Waals surface area contributed by atoms with Gasteiger partial charge < -0.3 is 34.5 Å². The number of anilines is 1. The van der Waals surface area contributed by atoms with Crippen LogP contribution in [0.3, 0.4) is 0 Å². The minimum atomic E-state index is -0.942. The second-order valence-corrected chi connectivity index (χ2v) is 13.4. The van der Waals surface area contributed by atoms with Gasteiger partial charge >= 0.3 is 0 Å². The molecule has 0 aromatic heterocycles. The average Bonchev–Trinajstić information content (AvgIpc) is 3.03. The number of aliphatic hydroxyl groups excluding tert-OH is 2. The highest BCUT2D eigenvalue weighted by Crippen LogP contribution is 2.36. The summed E-state index contributed by atoms with van der Waals surface area (Å²) in [5.41, 5.74) is 6.10. The molecule has 0 spiro atoms. The van der Waals surface area contributed by atoms with Crippen LogP contribution in [0.1, 0.15) is 83.6 Å². The fourth-order valence-corrected chi connectivity index (χ4v) is 6.27. The van der Waals surface area contributed by atoms with Crippen molar-refractivity contribution >= 4 is 23.4 Å². The maximum atomic E-state index is 10.7. The maximum Gasteiger partial charge on any atom is 0.240 e. The Kier molecular flexibility index (Phi) is 19.8. The van der Waals surface area contributed by atoms with Crippen LogP contribution in [0.15, 0.2) is 41.4 Å². The van der Waals surface area contributed by atoms with Crippen LogP contribution >= 0.6 is 0 Å². The normalized spacial score (nSPS) is 29.0. The molecule has 4 rings (SSSR count). The predicted octanol–water partition coefficient (Wildman–Crippen LogP) is 7.33. The standard InChI is InChI=1S/C11H22O2.C10H13NO.C9H9NO.C9H18O4/c1-6-10-8(3)7(2)9(4)11(12-5)13-10;1-7-4-8(2)6-10(5-7)11-9(3)12;1-7-3-8(2)5-9(4-7)10-6-11;1-4-6-5(2)7(10)8(11)9(12-3)13-6/h7-11H,6H2,1-5H3;4-6H,1-3H3,(H,11,12);3-5H,1-2H3;5-11H,4H2,1-3H3. The molecule has 0 radical (unpaired) electrons. The van der Waals surface area contributed by atoms with E-state index in [1.807, 2.05) is 71.9 Å². The molecule has 3 N–H and O–H groups in total. The summed E-state index contributed by atoms with van der Waals surface area (Å²) in [6, 6.07) is 11.7. The number of hydrogen-bond acceptors (Lipinski definition) is 9. The zero-order chi connectivity index (χ0) is 37.4. The molecule has 2 aliphatic rings. The molecule has 1 amide bonds. The van der Waals surface area contributed by atoms with Crippen LogP contribution in [0.2, 0.25) is 0 Å². The number of amides is 1. The van der Waals surface area contributed by atoms with E-state index in [0.717, 1.165) is 29.7 Å². The van der Waals surface area contributed by atoms with Gasteiger partial charge in [-0.2, -0.15) is 4.99 Å². The second kappa shape index (κ2) is 22.0. The average molecular weight is 687 g/mol. The van der Waals surface area contributed by atoms with Gasteiger partial charge in [-0.3, -0.25) is 4.79 Å². The van der Waals surface area contributed by atoms with E-state index >= 15 is 0 Å². The number of aryl methyl sites for hydroxylation is 4. The van der Waals surface area contributed by atoms with E-state index in [2.05, 4.69) is 44.1 Å². The fraction of sp³-hybridized carbons (Fsp3) is 0.641. The minimum Gasteiger partial charge on any atom is -0.390 e. The van der Waals surface area contributed by atoms with E-state index in [4.69, 9.17) is 18.9 Å². The van der Waals surface area contributed by atoms with E-state index < -0.39 is 18.5 Å². The van der Waals surface area contributed by atoms with Gasteiger partial charge in [-0.1, -0.05) is 53.7 Å². The van der Waals surface area contributed by atoms with Gasteiger partial charge in [0, 0.05) is 38.7 Å². The molecule has 2 heterocycles. The van der Waals surface area contributed by atoms with Crippen molar-refractivity contribution in [1.82, 2.24) is 0 Å². The Balaban J connectivity index is 0.000000327. The number of nitrogens with zero attached hydrogens (tertiary/aromatic N) is 1. The third-order valence-electron chi connectivity index (χ3n) is 9.24. The maximum absolute atomic E-state index is 10.7. The zero-order valence-corrected chi connectivity index (χ0v) is 31.9. The van der Waals surface area contributed by atoms with E-state index in [0.29, 0.717) is 29.5 Å². The highest BCUT2D eigenvalue weighted by atomic mass is 16.7. The Bertz CT molecular complexity index is 1210. The number of rotatable bonds is 6. The van der Waals surface area contributed by atoms with E-state index in [9.17, 15) is 19.8 Å². The van der Waals surface area contributed by atoms with Crippen molar-refractivity contribution < 1.29 is 38.7 Å². The molecule has 2 aromatic carbocycles. The Morgan fingerprint density at radius 3 is 1.61 bits per heavy atom. The summed E-state index contributed by atoms with van der Waals surface area (Å²) < 4.78 is 21.6. The zero-order valence-electron chi connectivity index (χ0n) is 31.9. The van der Waals surface area contributed by atoms with Gasteiger partial charge in [0.15, 0.2) is 12.6 Å². The second-order valence-electron chi connectivity index (χ2n) is 13.4. The first-order valence-electron chi connectivity index (χ1n) is 17.3. The van der Waals surface area contributed by atoms with Gasteiger partial charge in [-0.25, -0.2) is 4.79 Å². The van der Waals surface area contributed by atoms with Crippen LogP contribution in [0, 0.1) is 51.4 Å². The Morgan fingerprint density at radius 1 is 0.735 bits per heavy atom. The van der Waals surface area contributed by atoms with Gasteiger partial charge in [0.05, 0.1) is 24.0 Å².